The molecule has 1 aromatic carbocycles. The van der Waals surface area contributed by atoms with Crippen molar-refractivity contribution in [2.45, 2.75) is 19.1 Å². The zero-order valence-corrected chi connectivity index (χ0v) is 13.4. The number of nitrogens with zero attached hydrogens (tertiary/aromatic N) is 2. The van der Waals surface area contributed by atoms with Crippen LogP contribution in [0.15, 0.2) is 61.1 Å². The molecule has 1 amide bonds. The molecule has 1 aromatic heterocycles. The molecule has 3 rings (SSSR count). The van der Waals surface area contributed by atoms with E-state index in [4.69, 9.17) is 4.74 Å². The van der Waals surface area contributed by atoms with Gasteiger partial charge in [-0.25, -0.2) is 5.01 Å². The van der Waals surface area contributed by atoms with E-state index in [0.29, 0.717) is 17.0 Å². The summed E-state index contributed by atoms with van der Waals surface area (Å²) in [7, 11) is 0. The Morgan fingerprint density at radius 1 is 1.42 bits per heavy atom. The number of hydrazine groups is 1. The van der Waals surface area contributed by atoms with Crippen molar-refractivity contribution in [2.75, 3.05) is 6.61 Å². The molecule has 2 N–H and O–H groups in total. The van der Waals surface area contributed by atoms with Gasteiger partial charge < -0.3 is 9.84 Å². The lowest BCUT2D eigenvalue weighted by molar-refractivity contribution is -0.163. The van der Waals surface area contributed by atoms with Crippen LogP contribution in [-0.2, 0) is 10.5 Å². The smallest absolute Gasteiger partial charge is 0.281 e. The highest BCUT2D eigenvalue weighted by Crippen LogP contribution is 2.35. The molecule has 1 saturated heterocycles. The highest BCUT2D eigenvalue weighted by molar-refractivity contribution is 5.79. The van der Waals surface area contributed by atoms with Crippen molar-refractivity contribution >= 4 is 5.91 Å². The first-order valence-corrected chi connectivity index (χ1v) is 7.59. The lowest BCUT2D eigenvalue weighted by Crippen LogP contribution is -2.51. The maximum Gasteiger partial charge on any atom is 0.281 e. The normalized spacial score (nSPS) is 19.9. The van der Waals surface area contributed by atoms with Crippen molar-refractivity contribution in [1.82, 2.24) is 15.4 Å². The van der Waals surface area contributed by atoms with Crippen LogP contribution in [-0.4, -0.2) is 27.6 Å². The van der Waals surface area contributed by atoms with Crippen LogP contribution < -0.4 is 10.2 Å². The molecule has 124 valence electrons. The number of carbonyl (C=O) groups is 1. The fourth-order valence-corrected chi connectivity index (χ4v) is 2.69. The minimum atomic E-state index is -1.53. The molecule has 0 radical (unpaired) electrons. The summed E-state index contributed by atoms with van der Waals surface area (Å²) < 4.78 is 5.59. The third kappa shape index (κ3) is 2.96. The molecule has 0 bridgehead atoms. The number of aryl methyl sites for hydroxylation is 1. The summed E-state index contributed by atoms with van der Waals surface area (Å²) in [5.41, 5.74) is 3.29. The number of aliphatic hydroxyl groups is 1. The Morgan fingerprint density at radius 2 is 2.21 bits per heavy atom. The van der Waals surface area contributed by atoms with E-state index in [2.05, 4.69) is 17.0 Å². The second kappa shape index (κ2) is 6.33. The van der Waals surface area contributed by atoms with Crippen LogP contribution >= 0.6 is 0 Å². The van der Waals surface area contributed by atoms with Gasteiger partial charge in [-0.15, -0.1) is 0 Å². The van der Waals surface area contributed by atoms with Gasteiger partial charge in [0.2, 0.25) is 0 Å². The predicted octanol–water partition coefficient (Wildman–Crippen LogP) is 1.86. The van der Waals surface area contributed by atoms with Crippen LogP contribution in [0.3, 0.4) is 0 Å². The Labute approximate surface area is 140 Å². The molecule has 6 heteroatoms. The number of pyridine rings is 1. The Balaban J connectivity index is 1.78. The zero-order chi connectivity index (χ0) is 17.2. The first-order valence-electron chi connectivity index (χ1n) is 7.59. The van der Waals surface area contributed by atoms with Gasteiger partial charge in [0.15, 0.2) is 12.3 Å². The van der Waals surface area contributed by atoms with E-state index in [1.54, 1.807) is 24.4 Å². The number of amides is 1. The van der Waals surface area contributed by atoms with Gasteiger partial charge in [0.25, 0.3) is 5.91 Å². The molecule has 1 fully saturated rings. The third-order valence-electron chi connectivity index (χ3n) is 3.92. The predicted molar refractivity (Wildman–Crippen MR) is 88.5 cm³/mol. The largest absolute Gasteiger partial charge is 0.483 e. The zero-order valence-electron chi connectivity index (χ0n) is 13.4. The van der Waals surface area contributed by atoms with E-state index in [0.717, 1.165) is 10.6 Å². The number of ether oxygens (including phenoxy) is 1. The molecular weight excluding hydrogens is 306 g/mol. The third-order valence-corrected chi connectivity index (χ3v) is 3.92. The Morgan fingerprint density at radius 3 is 2.92 bits per heavy atom. The molecule has 1 atom stereocenters. The summed E-state index contributed by atoms with van der Waals surface area (Å²) in [4.78, 5) is 16.6. The Bertz CT molecular complexity index is 763. The van der Waals surface area contributed by atoms with Crippen molar-refractivity contribution in [3.05, 3.63) is 72.2 Å². The summed E-state index contributed by atoms with van der Waals surface area (Å²) in [5, 5.41) is 12.2. The lowest BCUT2D eigenvalue weighted by atomic mass is 10.0. The molecule has 0 unspecified atom stereocenters. The van der Waals surface area contributed by atoms with Gasteiger partial charge in [-0.05, 0) is 24.6 Å². The Hall–Kier alpha value is -2.86. The number of rotatable bonds is 4. The van der Waals surface area contributed by atoms with Crippen molar-refractivity contribution in [1.29, 1.82) is 0 Å². The van der Waals surface area contributed by atoms with Gasteiger partial charge in [-0.2, -0.15) is 0 Å². The van der Waals surface area contributed by atoms with E-state index in [1.807, 2.05) is 25.1 Å². The Kier molecular flexibility index (Phi) is 4.22. The summed E-state index contributed by atoms with van der Waals surface area (Å²) >= 11 is 0. The SMILES string of the molecule is C=C1C[C@@](O)(c2cccnc2)N(C(=O)COc2ccccc2C)N1. The number of nitrogens with one attached hydrogen (secondary N) is 1. The van der Waals surface area contributed by atoms with Crippen LogP contribution in [0.1, 0.15) is 17.5 Å². The minimum Gasteiger partial charge on any atom is -0.483 e. The maximum absolute atomic E-state index is 12.6. The fourth-order valence-electron chi connectivity index (χ4n) is 2.69. The van der Waals surface area contributed by atoms with Gasteiger partial charge in [0.05, 0.1) is 0 Å². The molecule has 2 aromatic rings. The van der Waals surface area contributed by atoms with Crippen LogP contribution in [0.25, 0.3) is 0 Å². The summed E-state index contributed by atoms with van der Waals surface area (Å²) in [6.45, 7) is 5.52. The number of para-hydroxylation sites is 1. The molecule has 6 nitrogen and oxygen atoms in total. The standard InChI is InChI=1S/C18H19N3O3/c1-13-6-3-4-8-16(13)24-12-17(22)21-18(23,10-14(2)20-21)15-7-5-9-19-11-15/h3-9,11,20,23H,2,10,12H2,1H3/t18-/m1/s1. The number of benzene rings is 1. The minimum absolute atomic E-state index is 0.189. The number of aromatic nitrogens is 1. The van der Waals surface area contributed by atoms with Crippen LogP contribution in [0, 0.1) is 6.92 Å². The molecule has 0 aliphatic carbocycles. The quantitative estimate of drug-likeness (QED) is 0.897. The summed E-state index contributed by atoms with van der Waals surface area (Å²) in [5.74, 6) is 0.233. The highest BCUT2D eigenvalue weighted by atomic mass is 16.5. The van der Waals surface area contributed by atoms with Crippen molar-refractivity contribution < 1.29 is 14.6 Å². The highest BCUT2D eigenvalue weighted by Gasteiger charge is 2.46. The van der Waals surface area contributed by atoms with Crippen molar-refractivity contribution in [2.24, 2.45) is 0 Å². The average molecular weight is 325 g/mol. The first-order chi connectivity index (χ1) is 11.5. The molecule has 2 heterocycles. The molecule has 1 aliphatic heterocycles. The maximum atomic E-state index is 12.6. The van der Waals surface area contributed by atoms with Crippen molar-refractivity contribution in [3.8, 4) is 5.75 Å². The molecule has 1 aliphatic rings. The molecule has 0 saturated carbocycles. The summed E-state index contributed by atoms with van der Waals surface area (Å²) in [6.07, 6.45) is 3.33. The lowest BCUT2D eigenvalue weighted by Gasteiger charge is -2.32. The summed E-state index contributed by atoms with van der Waals surface area (Å²) in [6, 6.07) is 10.9. The monoisotopic (exact) mass is 325 g/mol. The van der Waals surface area contributed by atoms with Gasteiger partial charge in [-0.3, -0.25) is 15.2 Å². The van der Waals surface area contributed by atoms with Crippen LogP contribution in [0.5, 0.6) is 5.75 Å². The second-order valence-corrected chi connectivity index (χ2v) is 5.73. The van der Waals surface area contributed by atoms with Gasteiger partial charge in [-0.1, -0.05) is 30.8 Å². The fraction of sp³-hybridized carbons (Fsp3) is 0.222. The van der Waals surface area contributed by atoms with Crippen LogP contribution in [0.4, 0.5) is 0 Å². The van der Waals surface area contributed by atoms with E-state index in [-0.39, 0.29) is 13.0 Å². The van der Waals surface area contributed by atoms with E-state index in [9.17, 15) is 9.90 Å². The molecular formula is C18H19N3O3. The van der Waals surface area contributed by atoms with E-state index in [1.165, 1.54) is 6.20 Å². The second-order valence-electron chi connectivity index (χ2n) is 5.73. The topological polar surface area (TPSA) is 74.7 Å². The van der Waals surface area contributed by atoms with Crippen molar-refractivity contribution in [3.63, 3.8) is 0 Å². The number of hydrogen-bond acceptors (Lipinski definition) is 5. The molecule has 0 spiro atoms. The molecule has 24 heavy (non-hydrogen) atoms. The van der Waals surface area contributed by atoms with Gasteiger partial charge in [0.1, 0.15) is 5.75 Å². The number of carbonyl (C=O) groups excluding carboxylic acids is 1. The van der Waals surface area contributed by atoms with E-state index < -0.39 is 11.6 Å². The van der Waals surface area contributed by atoms with Gasteiger partial charge >= 0.3 is 0 Å². The van der Waals surface area contributed by atoms with Crippen LogP contribution in [0.2, 0.25) is 0 Å². The first kappa shape index (κ1) is 16.0. The average Bonchev–Trinajstić information content (AvgIpc) is 2.90. The number of hydrogen-bond donors (Lipinski definition) is 2. The van der Waals surface area contributed by atoms with E-state index >= 15 is 0 Å². The van der Waals surface area contributed by atoms with Gasteiger partial charge in [0, 0.05) is 30.1 Å².